The van der Waals surface area contributed by atoms with Gasteiger partial charge in [-0.25, -0.2) is 9.20 Å². The first-order valence-corrected chi connectivity index (χ1v) is 12.4. The van der Waals surface area contributed by atoms with E-state index in [1.54, 1.807) is 11.6 Å². The van der Waals surface area contributed by atoms with Crippen molar-refractivity contribution in [2.45, 2.75) is 64.4 Å². The summed E-state index contributed by atoms with van der Waals surface area (Å²) < 4.78 is 8.99. The number of hydrogen-bond acceptors (Lipinski definition) is 7. The van der Waals surface area contributed by atoms with Crippen LogP contribution in [-0.4, -0.2) is 55.9 Å². The molecule has 9 nitrogen and oxygen atoms in total. The number of rotatable bonds is 9. The number of hydrogen-bond donors (Lipinski definition) is 3. The van der Waals surface area contributed by atoms with Gasteiger partial charge in [-0.2, -0.15) is 10.1 Å². The first-order valence-electron chi connectivity index (χ1n) is 12.4. The van der Waals surface area contributed by atoms with Gasteiger partial charge in [0.2, 0.25) is 5.95 Å². The summed E-state index contributed by atoms with van der Waals surface area (Å²) in [4.78, 5) is 4.25. The molecule has 0 aromatic carbocycles. The number of aromatic nitrogens is 5. The number of nitrogens with one attached hydrogen (secondary N) is 1. The smallest absolute Gasteiger partial charge is 0.240 e. The van der Waals surface area contributed by atoms with Gasteiger partial charge in [-0.05, 0) is 49.0 Å². The van der Waals surface area contributed by atoms with Gasteiger partial charge in [0, 0.05) is 36.9 Å². The van der Waals surface area contributed by atoms with Crippen LogP contribution in [0, 0.1) is 0 Å². The zero-order valence-corrected chi connectivity index (χ0v) is 21.2. The predicted octanol–water partition coefficient (Wildman–Crippen LogP) is 4.58. The van der Waals surface area contributed by atoms with Crippen LogP contribution in [0.25, 0.3) is 17.3 Å². The highest BCUT2D eigenvalue weighted by Crippen LogP contribution is 2.27. The van der Waals surface area contributed by atoms with Crippen molar-refractivity contribution in [3.05, 3.63) is 48.4 Å². The fraction of sp³-hybridized carbons (Fsp3) is 0.500. The van der Waals surface area contributed by atoms with Crippen LogP contribution in [0.4, 0.5) is 11.8 Å². The Morgan fingerprint density at radius 2 is 2.11 bits per heavy atom. The van der Waals surface area contributed by atoms with E-state index in [0.717, 1.165) is 23.1 Å². The van der Waals surface area contributed by atoms with E-state index in [4.69, 9.17) is 15.6 Å². The molecule has 190 valence electrons. The van der Waals surface area contributed by atoms with Gasteiger partial charge in [0.1, 0.15) is 5.52 Å². The first-order chi connectivity index (χ1) is 17.0. The Morgan fingerprint density at radius 3 is 2.80 bits per heavy atom. The van der Waals surface area contributed by atoms with Gasteiger partial charge in [-0.15, -0.1) is 5.10 Å². The molecule has 1 aliphatic rings. The largest absolute Gasteiger partial charge is 0.394 e. The Morgan fingerprint density at radius 1 is 1.34 bits per heavy atom. The highest BCUT2D eigenvalue weighted by Gasteiger charge is 2.13. The molecule has 0 bridgehead atoms. The molecule has 35 heavy (non-hydrogen) atoms. The maximum atomic E-state index is 8.47. The van der Waals surface area contributed by atoms with Gasteiger partial charge < -0.3 is 20.9 Å². The van der Waals surface area contributed by atoms with Gasteiger partial charge >= 0.3 is 0 Å². The number of anilines is 2. The van der Waals surface area contributed by atoms with Gasteiger partial charge in [0.25, 0.3) is 0 Å². The van der Waals surface area contributed by atoms with Gasteiger partial charge in [0.15, 0.2) is 5.82 Å². The summed E-state index contributed by atoms with van der Waals surface area (Å²) in [5.74, 6) is 1.33. The monoisotopic (exact) mass is 481 g/mol. The average Bonchev–Trinajstić information content (AvgIpc) is 3.53. The van der Waals surface area contributed by atoms with Crippen LogP contribution < -0.4 is 11.1 Å². The fourth-order valence-electron chi connectivity index (χ4n) is 4.22. The van der Waals surface area contributed by atoms with Crippen LogP contribution in [0.15, 0.2) is 37.2 Å². The van der Waals surface area contributed by atoms with E-state index in [1.165, 1.54) is 37.8 Å². The number of nitrogens with two attached hydrogens (primary N) is 1. The van der Waals surface area contributed by atoms with Crippen molar-refractivity contribution < 1.29 is 9.84 Å². The maximum absolute atomic E-state index is 8.47. The summed E-state index contributed by atoms with van der Waals surface area (Å²) in [6, 6.07) is 4.00. The zero-order chi connectivity index (χ0) is 25.2. The van der Waals surface area contributed by atoms with Crippen molar-refractivity contribution in [2.24, 2.45) is 0 Å². The number of ether oxygens (including phenoxy) is 1. The molecular weight excluding hydrogens is 442 g/mol. The number of aliphatic hydroxyl groups is 1. The topological polar surface area (TPSA) is 116 Å². The highest BCUT2D eigenvalue weighted by molar-refractivity contribution is 5.89. The number of allylic oxidation sites excluding steroid dienone is 2. The minimum absolute atomic E-state index is 0.163. The fourth-order valence-corrected chi connectivity index (χ4v) is 4.22. The van der Waals surface area contributed by atoms with E-state index in [1.807, 2.05) is 41.5 Å². The van der Waals surface area contributed by atoms with Crippen LogP contribution >= 0.6 is 0 Å². The lowest BCUT2D eigenvalue weighted by molar-refractivity contribution is 0.00882. The van der Waals surface area contributed by atoms with Crippen molar-refractivity contribution in [1.29, 1.82) is 0 Å². The molecule has 0 saturated heterocycles. The van der Waals surface area contributed by atoms with Gasteiger partial charge in [-0.3, -0.25) is 0 Å². The lowest BCUT2D eigenvalue weighted by atomic mass is 9.98. The third-order valence-electron chi connectivity index (χ3n) is 6.34. The van der Waals surface area contributed by atoms with Crippen LogP contribution in [0.1, 0.15) is 69.5 Å². The lowest BCUT2D eigenvalue weighted by Crippen LogP contribution is -2.18. The Labute approximate surface area is 207 Å². The van der Waals surface area contributed by atoms with Crippen molar-refractivity contribution >= 4 is 29.1 Å². The summed E-state index contributed by atoms with van der Waals surface area (Å²) in [7, 11) is 1.80. The molecule has 3 aromatic rings. The molecule has 0 spiro atoms. The summed E-state index contributed by atoms with van der Waals surface area (Å²) >= 11 is 0. The minimum atomic E-state index is 0.163. The second kappa shape index (κ2) is 13.1. The predicted molar refractivity (Wildman–Crippen MR) is 142 cm³/mol. The van der Waals surface area contributed by atoms with Crippen molar-refractivity contribution in [1.82, 2.24) is 24.4 Å². The van der Waals surface area contributed by atoms with Crippen LogP contribution in [-0.2, 0) is 4.74 Å². The lowest BCUT2D eigenvalue weighted by Gasteiger charge is -2.21. The molecule has 9 heteroatoms. The summed E-state index contributed by atoms with van der Waals surface area (Å²) in [6.07, 6.45) is 15.4. The van der Waals surface area contributed by atoms with E-state index >= 15 is 0 Å². The summed E-state index contributed by atoms with van der Waals surface area (Å²) in [5.41, 5.74) is 9.55. The number of aliphatic hydroxyl groups excluding tert-OH is 1. The molecule has 4 N–H and O–H groups in total. The van der Waals surface area contributed by atoms with Gasteiger partial charge in [-0.1, -0.05) is 39.7 Å². The third-order valence-corrected chi connectivity index (χ3v) is 6.34. The Kier molecular flexibility index (Phi) is 9.86. The molecule has 3 heterocycles. The number of nitrogen functional groups attached to an aromatic ring is 1. The van der Waals surface area contributed by atoms with E-state index < -0.39 is 0 Å². The molecule has 1 atom stereocenters. The first kappa shape index (κ1) is 26.4. The molecule has 0 radical (unpaired) electrons. The molecule has 3 aromatic heterocycles. The maximum Gasteiger partial charge on any atom is 0.240 e. The van der Waals surface area contributed by atoms with Crippen molar-refractivity contribution in [2.75, 3.05) is 31.3 Å². The minimum Gasteiger partial charge on any atom is -0.394 e. The Balaban J connectivity index is 0.000000287. The quantitative estimate of drug-likeness (QED) is 0.383. The van der Waals surface area contributed by atoms with Crippen molar-refractivity contribution in [3.8, 4) is 0 Å². The zero-order valence-electron chi connectivity index (χ0n) is 21.2. The highest BCUT2D eigenvalue weighted by atomic mass is 16.5. The van der Waals surface area contributed by atoms with Crippen LogP contribution in [0.2, 0.25) is 0 Å². The molecular formula is C26H39N7O2. The number of nitrogens with zero attached hydrogens (tertiary/aromatic N) is 5. The van der Waals surface area contributed by atoms with Crippen LogP contribution in [0.5, 0.6) is 0 Å². The molecule has 1 fully saturated rings. The average molecular weight is 482 g/mol. The normalized spacial score (nSPS) is 15.2. The van der Waals surface area contributed by atoms with E-state index in [0.29, 0.717) is 24.4 Å². The second-order valence-corrected chi connectivity index (χ2v) is 8.80. The second-order valence-electron chi connectivity index (χ2n) is 8.80. The Bertz CT molecular complexity index is 1110. The molecule has 0 aliphatic heterocycles. The molecule has 1 aliphatic carbocycles. The molecule has 1 saturated carbocycles. The summed E-state index contributed by atoms with van der Waals surface area (Å²) in [6.45, 7) is 9.23. The third kappa shape index (κ3) is 6.93. The molecule has 0 amide bonds. The Hall–Kier alpha value is -3.17. The van der Waals surface area contributed by atoms with E-state index in [9.17, 15) is 0 Å². The molecule has 4 rings (SSSR count). The van der Waals surface area contributed by atoms with E-state index in [2.05, 4.69) is 40.9 Å². The SMILES string of the molecule is C=C(/C=C\n1nccc1C(C)CC)c1ccn2nc(N)nc(NC)c12.OCCOC1CCCCC1. The van der Waals surface area contributed by atoms with Gasteiger partial charge in [0.05, 0.1) is 19.3 Å². The summed E-state index contributed by atoms with van der Waals surface area (Å²) in [5, 5.41) is 20.1. The van der Waals surface area contributed by atoms with E-state index in [-0.39, 0.29) is 12.6 Å². The van der Waals surface area contributed by atoms with Crippen LogP contribution in [0.3, 0.4) is 0 Å². The molecule has 1 unspecified atom stereocenters. The standard InChI is InChI=1S/C18H23N7.C8H16O2/c1-5-12(2)15-6-9-21-24(15)10-7-13(3)14-8-11-25-16(14)17(20-4)22-18(19)23-25;9-6-7-10-8-4-2-1-3-5-8/h6-12H,3,5H2,1-2,4H3,(H3,19,20,22,23);8-9H,1-7H2/b10-7-;. The van der Waals surface area contributed by atoms with Crippen molar-refractivity contribution in [3.63, 3.8) is 0 Å². The number of fused-ring (bicyclic) bond motifs is 1.